The SMILES string of the molecule is Cc1sc(NC(=O)C2CC2)c(C(=O)OCN2C(=O)c3ccccc3C2=O)c1C. The zero-order valence-corrected chi connectivity index (χ0v) is 16.2. The number of aryl methyl sites for hydroxylation is 1. The number of hydrogen-bond acceptors (Lipinski definition) is 6. The topological polar surface area (TPSA) is 92.8 Å². The van der Waals surface area contributed by atoms with E-state index in [-0.39, 0.29) is 17.4 Å². The van der Waals surface area contributed by atoms with Gasteiger partial charge in [0, 0.05) is 10.8 Å². The van der Waals surface area contributed by atoms with Gasteiger partial charge in [-0.1, -0.05) is 12.1 Å². The molecule has 1 aromatic heterocycles. The molecule has 0 radical (unpaired) electrons. The minimum absolute atomic E-state index is 0.00456. The Balaban J connectivity index is 1.49. The standard InChI is InChI=1S/C20H18N2O5S/c1-10-11(2)28-17(21-16(23)12-7-8-12)15(10)20(26)27-9-22-18(24)13-5-3-4-6-14(13)19(22)25/h3-6,12H,7-9H2,1-2H3,(H,21,23). The normalized spacial score (nSPS) is 15.6. The Morgan fingerprint density at radius 2 is 1.75 bits per heavy atom. The van der Waals surface area contributed by atoms with Gasteiger partial charge in [0.1, 0.15) is 5.00 Å². The maximum absolute atomic E-state index is 12.7. The summed E-state index contributed by atoms with van der Waals surface area (Å²) in [6.45, 7) is 3.15. The van der Waals surface area contributed by atoms with E-state index in [0.29, 0.717) is 21.7 Å². The van der Waals surface area contributed by atoms with Crippen molar-refractivity contribution in [3.8, 4) is 0 Å². The molecule has 1 aromatic carbocycles. The van der Waals surface area contributed by atoms with E-state index >= 15 is 0 Å². The molecule has 1 aliphatic carbocycles. The van der Waals surface area contributed by atoms with Gasteiger partial charge in [0.15, 0.2) is 6.73 Å². The summed E-state index contributed by atoms with van der Waals surface area (Å²) in [6.07, 6.45) is 1.71. The zero-order chi connectivity index (χ0) is 20.0. The van der Waals surface area contributed by atoms with E-state index < -0.39 is 24.5 Å². The molecule has 2 aliphatic rings. The number of thiophene rings is 1. The van der Waals surface area contributed by atoms with Crippen molar-refractivity contribution in [1.29, 1.82) is 0 Å². The number of benzene rings is 1. The minimum Gasteiger partial charge on any atom is -0.440 e. The van der Waals surface area contributed by atoms with Gasteiger partial charge in [-0.15, -0.1) is 11.3 Å². The number of esters is 1. The molecule has 0 bridgehead atoms. The van der Waals surface area contributed by atoms with Gasteiger partial charge in [0.2, 0.25) is 5.91 Å². The van der Waals surface area contributed by atoms with Crippen molar-refractivity contribution < 1.29 is 23.9 Å². The van der Waals surface area contributed by atoms with Crippen LogP contribution in [0.25, 0.3) is 0 Å². The second-order valence-electron chi connectivity index (χ2n) is 6.90. The molecular weight excluding hydrogens is 380 g/mol. The van der Waals surface area contributed by atoms with Crippen LogP contribution in [-0.4, -0.2) is 35.3 Å². The van der Waals surface area contributed by atoms with Gasteiger partial charge < -0.3 is 10.1 Å². The van der Waals surface area contributed by atoms with E-state index in [1.165, 1.54) is 11.3 Å². The summed E-state index contributed by atoms with van der Waals surface area (Å²) in [5, 5.41) is 3.25. The van der Waals surface area contributed by atoms with Gasteiger partial charge in [-0.25, -0.2) is 9.69 Å². The Morgan fingerprint density at radius 1 is 1.14 bits per heavy atom. The number of fused-ring (bicyclic) bond motifs is 1. The lowest BCUT2D eigenvalue weighted by molar-refractivity contribution is -0.117. The number of rotatable bonds is 5. The second-order valence-corrected chi connectivity index (χ2v) is 8.12. The molecule has 2 aromatic rings. The van der Waals surface area contributed by atoms with Crippen LogP contribution in [0.5, 0.6) is 0 Å². The van der Waals surface area contributed by atoms with E-state index in [9.17, 15) is 19.2 Å². The van der Waals surface area contributed by atoms with Crippen molar-refractivity contribution in [2.24, 2.45) is 5.92 Å². The first-order valence-corrected chi connectivity index (χ1v) is 9.73. The zero-order valence-electron chi connectivity index (χ0n) is 15.4. The Bertz CT molecular complexity index is 987. The summed E-state index contributed by atoms with van der Waals surface area (Å²) in [4.78, 5) is 51.3. The summed E-state index contributed by atoms with van der Waals surface area (Å²) in [6, 6.07) is 6.47. The fourth-order valence-corrected chi connectivity index (χ4v) is 4.12. The van der Waals surface area contributed by atoms with Crippen LogP contribution in [0.2, 0.25) is 0 Å². The van der Waals surface area contributed by atoms with Gasteiger partial charge in [-0.05, 0) is 44.4 Å². The first-order valence-electron chi connectivity index (χ1n) is 8.91. The van der Waals surface area contributed by atoms with E-state index in [1.54, 1.807) is 31.2 Å². The van der Waals surface area contributed by atoms with E-state index in [2.05, 4.69) is 5.32 Å². The summed E-state index contributed by atoms with van der Waals surface area (Å²) in [5.74, 6) is -1.76. The molecule has 1 aliphatic heterocycles. The van der Waals surface area contributed by atoms with Crippen LogP contribution < -0.4 is 5.32 Å². The summed E-state index contributed by atoms with van der Waals surface area (Å²) in [5.41, 5.74) is 1.57. The van der Waals surface area contributed by atoms with Crippen molar-refractivity contribution >= 4 is 40.0 Å². The number of carbonyl (C=O) groups is 4. The average molecular weight is 398 g/mol. The number of anilines is 1. The number of imide groups is 1. The summed E-state index contributed by atoms with van der Waals surface area (Å²) in [7, 11) is 0. The Labute approximate surface area is 165 Å². The molecule has 2 heterocycles. The third-order valence-corrected chi connectivity index (χ3v) is 6.10. The quantitative estimate of drug-likeness (QED) is 0.617. The molecule has 0 atom stereocenters. The molecule has 0 spiro atoms. The lowest BCUT2D eigenvalue weighted by atomic mass is 10.1. The third-order valence-electron chi connectivity index (χ3n) is 4.98. The van der Waals surface area contributed by atoms with E-state index in [4.69, 9.17) is 4.74 Å². The average Bonchev–Trinajstić information content (AvgIpc) is 3.45. The second kappa shape index (κ2) is 6.87. The van der Waals surface area contributed by atoms with Crippen LogP contribution in [0.15, 0.2) is 24.3 Å². The van der Waals surface area contributed by atoms with Crippen molar-refractivity contribution in [3.05, 3.63) is 51.4 Å². The number of amides is 3. The van der Waals surface area contributed by atoms with Crippen molar-refractivity contribution in [3.63, 3.8) is 0 Å². The monoisotopic (exact) mass is 398 g/mol. The maximum atomic E-state index is 12.7. The molecule has 0 unspecified atom stereocenters. The van der Waals surface area contributed by atoms with Crippen molar-refractivity contribution in [1.82, 2.24) is 4.90 Å². The fourth-order valence-electron chi connectivity index (χ4n) is 3.07. The van der Waals surface area contributed by atoms with E-state index in [0.717, 1.165) is 22.6 Å². The number of nitrogens with zero attached hydrogens (tertiary/aromatic N) is 1. The Kier molecular flexibility index (Phi) is 4.50. The van der Waals surface area contributed by atoms with E-state index in [1.807, 2.05) is 6.92 Å². The number of ether oxygens (including phenoxy) is 1. The first-order chi connectivity index (χ1) is 13.4. The van der Waals surface area contributed by atoms with Crippen LogP contribution >= 0.6 is 11.3 Å². The van der Waals surface area contributed by atoms with Gasteiger partial charge in [0.05, 0.1) is 16.7 Å². The highest BCUT2D eigenvalue weighted by Crippen LogP contribution is 2.36. The highest BCUT2D eigenvalue weighted by molar-refractivity contribution is 7.16. The number of carbonyl (C=O) groups excluding carboxylic acids is 4. The third kappa shape index (κ3) is 3.09. The molecule has 1 saturated carbocycles. The summed E-state index contributed by atoms with van der Waals surface area (Å²) < 4.78 is 5.28. The minimum atomic E-state index is -0.676. The molecule has 3 amide bonds. The number of hydrogen-bond donors (Lipinski definition) is 1. The predicted octanol–water partition coefficient (Wildman–Crippen LogP) is 3.12. The van der Waals surface area contributed by atoms with Crippen LogP contribution in [-0.2, 0) is 9.53 Å². The van der Waals surface area contributed by atoms with Gasteiger partial charge in [-0.2, -0.15) is 0 Å². The van der Waals surface area contributed by atoms with Gasteiger partial charge >= 0.3 is 5.97 Å². The van der Waals surface area contributed by atoms with Gasteiger partial charge in [0.25, 0.3) is 11.8 Å². The van der Waals surface area contributed by atoms with Crippen molar-refractivity contribution in [2.75, 3.05) is 12.0 Å². The smallest absolute Gasteiger partial charge is 0.343 e. The highest BCUT2D eigenvalue weighted by atomic mass is 32.1. The lowest BCUT2D eigenvalue weighted by Crippen LogP contribution is -2.33. The maximum Gasteiger partial charge on any atom is 0.343 e. The Hall–Kier alpha value is -3.00. The highest BCUT2D eigenvalue weighted by Gasteiger charge is 2.36. The van der Waals surface area contributed by atoms with Crippen LogP contribution in [0.3, 0.4) is 0 Å². The summed E-state index contributed by atoms with van der Waals surface area (Å²) >= 11 is 1.31. The molecule has 144 valence electrons. The molecule has 4 rings (SSSR count). The largest absolute Gasteiger partial charge is 0.440 e. The van der Waals surface area contributed by atoms with Crippen LogP contribution in [0.1, 0.15) is 54.4 Å². The van der Waals surface area contributed by atoms with Crippen LogP contribution in [0.4, 0.5) is 5.00 Å². The molecule has 1 fully saturated rings. The fraction of sp³-hybridized carbons (Fsp3) is 0.300. The molecule has 28 heavy (non-hydrogen) atoms. The Morgan fingerprint density at radius 3 is 2.32 bits per heavy atom. The molecular formula is C20H18N2O5S. The predicted molar refractivity (Wildman–Crippen MR) is 102 cm³/mol. The van der Waals surface area contributed by atoms with Crippen LogP contribution in [0, 0.1) is 19.8 Å². The lowest BCUT2D eigenvalue weighted by Gasteiger charge is -2.14. The first kappa shape index (κ1) is 18.4. The van der Waals surface area contributed by atoms with Crippen molar-refractivity contribution in [2.45, 2.75) is 26.7 Å². The van der Waals surface area contributed by atoms with Gasteiger partial charge in [-0.3, -0.25) is 14.4 Å². The molecule has 1 N–H and O–H groups in total. The molecule has 0 saturated heterocycles. The molecule has 8 heteroatoms. The number of nitrogens with one attached hydrogen (secondary N) is 1. The molecule has 7 nitrogen and oxygen atoms in total.